The molecule has 0 spiro atoms. The van der Waals surface area contributed by atoms with Crippen molar-refractivity contribution in [3.05, 3.63) is 38.7 Å². The summed E-state index contributed by atoms with van der Waals surface area (Å²) in [6, 6.07) is 5.31. The number of thiocarbonyl (C=S) groups is 1. The number of hydrogen-bond acceptors (Lipinski definition) is 3. The Morgan fingerprint density at radius 1 is 1.32 bits per heavy atom. The number of carbonyl (C=O) groups excluding carboxylic acids is 1. The average molecular weight is 332 g/mol. The molecule has 1 aromatic rings. The predicted molar refractivity (Wildman–Crippen MR) is 86.6 cm³/mol. The molecule has 0 aromatic heterocycles. The summed E-state index contributed by atoms with van der Waals surface area (Å²) in [4.78, 5) is 14.4. The first kappa shape index (κ1) is 14.9. The van der Waals surface area contributed by atoms with E-state index >= 15 is 0 Å². The summed E-state index contributed by atoms with van der Waals surface area (Å²) >= 11 is 18.3. The molecule has 1 aliphatic heterocycles. The molecule has 0 radical (unpaired) electrons. The van der Waals surface area contributed by atoms with E-state index in [2.05, 4.69) is 0 Å². The summed E-state index contributed by atoms with van der Waals surface area (Å²) in [6.07, 6.45) is 1.78. The molecular weight excluding hydrogens is 321 g/mol. The Morgan fingerprint density at radius 2 is 2.00 bits per heavy atom. The van der Waals surface area contributed by atoms with E-state index in [0.29, 0.717) is 19.3 Å². The molecule has 0 atom stereocenters. The van der Waals surface area contributed by atoms with E-state index in [1.165, 1.54) is 11.8 Å². The van der Waals surface area contributed by atoms with E-state index in [1.54, 1.807) is 23.1 Å². The summed E-state index contributed by atoms with van der Waals surface area (Å²) in [5, 5.41) is 0.961. The summed E-state index contributed by atoms with van der Waals surface area (Å²) in [7, 11) is 0. The molecule has 0 saturated carbocycles. The van der Waals surface area contributed by atoms with Crippen molar-refractivity contribution in [2.24, 2.45) is 0 Å². The van der Waals surface area contributed by atoms with E-state index in [0.717, 1.165) is 5.56 Å². The van der Waals surface area contributed by atoms with Gasteiger partial charge in [-0.05, 0) is 37.6 Å². The monoisotopic (exact) mass is 331 g/mol. The van der Waals surface area contributed by atoms with Gasteiger partial charge in [0.05, 0.1) is 15.0 Å². The number of amides is 1. The maximum atomic E-state index is 12.2. The number of carbonyl (C=O) groups is 1. The maximum Gasteiger partial charge on any atom is 0.266 e. The molecule has 1 heterocycles. The lowest BCUT2D eigenvalue weighted by atomic mass is 10.2. The van der Waals surface area contributed by atoms with Gasteiger partial charge in [0.1, 0.15) is 4.32 Å². The van der Waals surface area contributed by atoms with E-state index in [4.69, 9.17) is 35.4 Å². The molecule has 0 N–H and O–H groups in total. The molecule has 19 heavy (non-hydrogen) atoms. The molecule has 2 nitrogen and oxygen atoms in total. The van der Waals surface area contributed by atoms with E-state index in [9.17, 15) is 4.79 Å². The Bertz CT molecular complexity index is 584. The Labute approximate surface area is 131 Å². The SMILES string of the molecule is CC(C)N1C(=O)/C(=C\c2ccc(Cl)c(Cl)c2)SC1=S. The van der Waals surface area contributed by atoms with E-state index in [1.807, 2.05) is 19.9 Å². The minimum absolute atomic E-state index is 0.0592. The average Bonchev–Trinajstić information content (AvgIpc) is 2.59. The van der Waals surface area contributed by atoms with Crippen LogP contribution < -0.4 is 0 Å². The number of hydrogen-bond donors (Lipinski definition) is 0. The van der Waals surface area contributed by atoms with Crippen molar-refractivity contribution in [1.29, 1.82) is 0 Å². The Hall–Kier alpha value is -0.550. The lowest BCUT2D eigenvalue weighted by Crippen LogP contribution is -2.34. The Balaban J connectivity index is 2.32. The molecule has 0 aliphatic carbocycles. The molecule has 2 rings (SSSR count). The van der Waals surface area contributed by atoms with Crippen molar-refractivity contribution >= 4 is 63.5 Å². The van der Waals surface area contributed by atoms with Crippen molar-refractivity contribution in [2.75, 3.05) is 0 Å². The van der Waals surface area contributed by atoms with Gasteiger partial charge >= 0.3 is 0 Å². The van der Waals surface area contributed by atoms with Crippen molar-refractivity contribution < 1.29 is 4.79 Å². The molecular formula is C13H11Cl2NOS2. The zero-order valence-electron chi connectivity index (χ0n) is 10.3. The van der Waals surface area contributed by atoms with Gasteiger partial charge in [-0.2, -0.15) is 0 Å². The topological polar surface area (TPSA) is 20.3 Å². The lowest BCUT2D eigenvalue weighted by molar-refractivity contribution is -0.123. The molecule has 1 amide bonds. The van der Waals surface area contributed by atoms with Gasteiger partial charge in [0.25, 0.3) is 5.91 Å². The van der Waals surface area contributed by atoms with Crippen molar-refractivity contribution in [2.45, 2.75) is 19.9 Å². The first-order chi connectivity index (χ1) is 8.90. The first-order valence-electron chi connectivity index (χ1n) is 5.62. The van der Waals surface area contributed by atoms with Gasteiger partial charge in [0.15, 0.2) is 0 Å². The zero-order valence-corrected chi connectivity index (χ0v) is 13.5. The maximum absolute atomic E-state index is 12.2. The van der Waals surface area contributed by atoms with Gasteiger partial charge in [-0.3, -0.25) is 9.69 Å². The van der Waals surface area contributed by atoms with Crippen LogP contribution in [-0.2, 0) is 4.79 Å². The van der Waals surface area contributed by atoms with Gasteiger partial charge in [-0.1, -0.05) is 53.2 Å². The second kappa shape index (κ2) is 5.83. The zero-order chi connectivity index (χ0) is 14.2. The minimum Gasteiger partial charge on any atom is -0.290 e. The van der Waals surface area contributed by atoms with Gasteiger partial charge in [0.2, 0.25) is 0 Å². The highest BCUT2D eigenvalue weighted by Crippen LogP contribution is 2.34. The molecule has 1 fully saturated rings. The lowest BCUT2D eigenvalue weighted by Gasteiger charge is -2.18. The highest BCUT2D eigenvalue weighted by Gasteiger charge is 2.33. The van der Waals surface area contributed by atoms with Crippen LogP contribution in [0.5, 0.6) is 0 Å². The standard InChI is InChI=1S/C13H11Cl2NOS2/c1-7(2)16-12(17)11(19-13(16)18)6-8-3-4-9(14)10(15)5-8/h3-7H,1-2H3/b11-6+. The van der Waals surface area contributed by atoms with Crippen molar-refractivity contribution in [3.8, 4) is 0 Å². The number of thioether (sulfide) groups is 1. The van der Waals surface area contributed by atoms with E-state index < -0.39 is 0 Å². The van der Waals surface area contributed by atoms with Gasteiger partial charge in [-0.15, -0.1) is 0 Å². The van der Waals surface area contributed by atoms with Crippen molar-refractivity contribution in [1.82, 2.24) is 4.90 Å². The summed E-state index contributed by atoms with van der Waals surface area (Å²) in [5.41, 5.74) is 0.832. The quantitative estimate of drug-likeness (QED) is 0.583. The van der Waals surface area contributed by atoms with Gasteiger partial charge in [-0.25, -0.2) is 0 Å². The summed E-state index contributed by atoms with van der Waals surface area (Å²) < 4.78 is 0.589. The normalized spacial score (nSPS) is 17.9. The van der Waals surface area contributed by atoms with Crippen LogP contribution >= 0.6 is 47.2 Å². The molecule has 1 saturated heterocycles. The predicted octanol–water partition coefficient (Wildman–Crippen LogP) is 4.60. The summed E-state index contributed by atoms with van der Waals surface area (Å²) in [5.74, 6) is -0.0592. The minimum atomic E-state index is -0.0592. The first-order valence-corrected chi connectivity index (χ1v) is 7.60. The Kier molecular flexibility index (Phi) is 4.56. The molecule has 6 heteroatoms. The number of benzene rings is 1. The van der Waals surface area contributed by atoms with Crippen LogP contribution in [-0.4, -0.2) is 21.2 Å². The summed E-state index contributed by atoms with van der Waals surface area (Å²) in [6.45, 7) is 3.87. The fourth-order valence-electron chi connectivity index (χ4n) is 1.68. The number of halogens is 2. The Morgan fingerprint density at radius 3 is 2.53 bits per heavy atom. The molecule has 100 valence electrons. The third-order valence-electron chi connectivity index (χ3n) is 2.58. The van der Waals surface area contributed by atoms with Crippen LogP contribution in [0.4, 0.5) is 0 Å². The smallest absolute Gasteiger partial charge is 0.266 e. The molecule has 1 aromatic carbocycles. The second-order valence-corrected chi connectivity index (χ2v) is 6.81. The van der Waals surface area contributed by atoms with Crippen molar-refractivity contribution in [3.63, 3.8) is 0 Å². The number of nitrogens with zero attached hydrogens (tertiary/aromatic N) is 1. The molecule has 0 bridgehead atoms. The van der Waals surface area contributed by atoms with Crippen LogP contribution in [0.1, 0.15) is 19.4 Å². The molecule has 0 unspecified atom stereocenters. The third-order valence-corrected chi connectivity index (χ3v) is 4.65. The molecule has 1 aliphatic rings. The largest absolute Gasteiger partial charge is 0.290 e. The van der Waals surface area contributed by atoms with E-state index in [-0.39, 0.29) is 11.9 Å². The van der Waals surface area contributed by atoms with Crippen LogP contribution in [0, 0.1) is 0 Å². The highest BCUT2D eigenvalue weighted by molar-refractivity contribution is 8.26. The van der Waals surface area contributed by atoms with Crippen LogP contribution in [0.3, 0.4) is 0 Å². The van der Waals surface area contributed by atoms with Crippen LogP contribution in [0.15, 0.2) is 23.1 Å². The van der Waals surface area contributed by atoms with Gasteiger partial charge in [0, 0.05) is 6.04 Å². The third kappa shape index (κ3) is 3.14. The number of rotatable bonds is 2. The van der Waals surface area contributed by atoms with Gasteiger partial charge < -0.3 is 0 Å². The van der Waals surface area contributed by atoms with Crippen LogP contribution in [0.25, 0.3) is 6.08 Å². The fourth-order valence-corrected chi connectivity index (χ4v) is 3.51. The highest BCUT2D eigenvalue weighted by atomic mass is 35.5. The van der Waals surface area contributed by atoms with Crippen LogP contribution in [0.2, 0.25) is 10.0 Å². The fraction of sp³-hybridized carbons (Fsp3) is 0.231. The second-order valence-electron chi connectivity index (χ2n) is 4.32.